The van der Waals surface area contributed by atoms with Crippen LogP contribution < -0.4 is 11.1 Å². The number of hydrogen-bond donors (Lipinski definition) is 2. The van der Waals surface area contributed by atoms with Crippen molar-refractivity contribution in [2.24, 2.45) is 0 Å². The first-order valence-electron chi connectivity index (χ1n) is 13.7. The Morgan fingerprint density at radius 3 is 2.47 bits per heavy atom. The van der Waals surface area contributed by atoms with Crippen molar-refractivity contribution in [2.45, 2.75) is 83.8 Å². The Balaban J connectivity index is 1.42. The van der Waals surface area contributed by atoms with Crippen molar-refractivity contribution >= 4 is 22.7 Å². The number of hydrogen-bond acceptors (Lipinski definition) is 8. The second kappa shape index (κ2) is 11.1. The average molecular weight is 493 g/mol. The molecule has 194 valence electrons. The number of nitrogens with two attached hydrogens (primary N) is 1. The number of rotatable bonds is 8. The van der Waals surface area contributed by atoms with Gasteiger partial charge in [0.05, 0.1) is 17.9 Å². The number of fused-ring (bicyclic) bond motifs is 1. The van der Waals surface area contributed by atoms with E-state index in [-0.39, 0.29) is 0 Å². The van der Waals surface area contributed by atoms with Crippen molar-refractivity contribution in [3.8, 4) is 11.1 Å². The van der Waals surface area contributed by atoms with E-state index >= 15 is 0 Å². The predicted molar refractivity (Wildman–Crippen MR) is 144 cm³/mol. The van der Waals surface area contributed by atoms with Crippen molar-refractivity contribution in [1.29, 1.82) is 0 Å². The molecule has 3 aromatic heterocycles. The molecule has 3 aromatic rings. The van der Waals surface area contributed by atoms with E-state index in [4.69, 9.17) is 25.5 Å². The lowest BCUT2D eigenvalue weighted by Gasteiger charge is -2.37. The highest BCUT2D eigenvalue weighted by Crippen LogP contribution is 2.32. The number of nitrogen functional groups attached to an aromatic ring is 1. The Morgan fingerprint density at radius 1 is 1.03 bits per heavy atom. The summed E-state index contributed by atoms with van der Waals surface area (Å²) in [7, 11) is 0. The topological polar surface area (TPSA) is 107 Å². The van der Waals surface area contributed by atoms with Gasteiger partial charge in [0, 0.05) is 61.9 Å². The molecule has 0 atom stereocenters. The molecule has 0 aliphatic carbocycles. The summed E-state index contributed by atoms with van der Waals surface area (Å²) < 4.78 is 7.66. The van der Waals surface area contributed by atoms with Crippen molar-refractivity contribution in [3.63, 3.8) is 0 Å². The van der Waals surface area contributed by atoms with Crippen LogP contribution in [-0.2, 0) is 11.2 Å². The molecule has 0 aromatic carbocycles. The van der Waals surface area contributed by atoms with Crippen LogP contribution in [0.15, 0.2) is 18.6 Å². The summed E-state index contributed by atoms with van der Waals surface area (Å²) in [6, 6.07) is 1.45. The van der Waals surface area contributed by atoms with Gasteiger partial charge in [0.15, 0.2) is 5.82 Å². The number of nitrogens with zero attached hydrogens (tertiary/aromatic N) is 6. The fourth-order valence-corrected chi connectivity index (χ4v) is 5.70. The quantitative estimate of drug-likeness (QED) is 0.475. The summed E-state index contributed by atoms with van der Waals surface area (Å²) in [5.41, 5.74) is 10.5. The Bertz CT molecular complexity index is 1160. The highest BCUT2D eigenvalue weighted by atomic mass is 16.5. The second-order valence-electron chi connectivity index (χ2n) is 10.1. The van der Waals surface area contributed by atoms with Gasteiger partial charge in [-0.15, -0.1) is 0 Å². The molecule has 0 radical (unpaired) electrons. The maximum atomic E-state index is 6.27. The number of aromatic nitrogens is 5. The van der Waals surface area contributed by atoms with Crippen LogP contribution in [0.25, 0.3) is 22.2 Å². The molecule has 0 amide bonds. The summed E-state index contributed by atoms with van der Waals surface area (Å²) in [5.74, 6) is 1.25. The summed E-state index contributed by atoms with van der Waals surface area (Å²) >= 11 is 0. The van der Waals surface area contributed by atoms with Gasteiger partial charge in [-0.05, 0) is 44.9 Å². The predicted octanol–water partition coefficient (Wildman–Crippen LogP) is 4.45. The molecule has 2 fully saturated rings. The standard InChI is InChI=1S/C27H40N8O/c1-4-20(5-2)34-11-7-21(8-12-34)35-17-18(15-30-35)22-16-29-26(28)25-24(22)33-27(23(6-3)32-25)31-19-9-13-36-14-10-19/h15-17,19-21H,4-14H2,1-3H3,(H2,28,29)(H,31,33). The molecule has 3 N–H and O–H groups in total. The molecule has 0 bridgehead atoms. The van der Waals surface area contributed by atoms with Crippen LogP contribution in [0.1, 0.15) is 71.0 Å². The van der Waals surface area contributed by atoms with E-state index in [1.54, 1.807) is 0 Å². The van der Waals surface area contributed by atoms with E-state index in [2.05, 4.69) is 46.9 Å². The first-order chi connectivity index (χ1) is 17.6. The highest BCUT2D eigenvalue weighted by molar-refractivity contribution is 5.96. The molecule has 2 saturated heterocycles. The molecule has 9 heteroatoms. The number of piperidine rings is 1. The summed E-state index contributed by atoms with van der Waals surface area (Å²) in [6.45, 7) is 10.5. The van der Waals surface area contributed by atoms with E-state index in [0.717, 1.165) is 86.6 Å². The Morgan fingerprint density at radius 2 is 1.78 bits per heavy atom. The zero-order valence-electron chi connectivity index (χ0n) is 21.9. The van der Waals surface area contributed by atoms with E-state index in [1.807, 2.05) is 12.4 Å². The number of ether oxygens (including phenoxy) is 1. The van der Waals surface area contributed by atoms with Crippen LogP contribution in [0, 0.1) is 0 Å². The molecule has 5 heterocycles. The van der Waals surface area contributed by atoms with Crippen LogP contribution in [0.5, 0.6) is 0 Å². The molecule has 2 aliphatic heterocycles. The van der Waals surface area contributed by atoms with Gasteiger partial charge < -0.3 is 20.7 Å². The maximum Gasteiger partial charge on any atom is 0.151 e. The van der Waals surface area contributed by atoms with Crippen LogP contribution >= 0.6 is 0 Å². The zero-order chi connectivity index (χ0) is 25.1. The minimum Gasteiger partial charge on any atom is -0.382 e. The third-order valence-electron chi connectivity index (χ3n) is 7.94. The number of aryl methyl sites for hydroxylation is 1. The molecular formula is C27H40N8O. The van der Waals surface area contributed by atoms with Crippen LogP contribution in [-0.4, -0.2) is 68.0 Å². The van der Waals surface area contributed by atoms with Crippen molar-refractivity contribution in [2.75, 3.05) is 37.4 Å². The Kier molecular flexibility index (Phi) is 7.67. The second-order valence-corrected chi connectivity index (χ2v) is 10.1. The lowest BCUT2D eigenvalue weighted by atomic mass is 10.0. The number of anilines is 2. The minimum absolute atomic E-state index is 0.340. The van der Waals surface area contributed by atoms with Crippen LogP contribution in [0.4, 0.5) is 11.6 Å². The van der Waals surface area contributed by atoms with E-state index < -0.39 is 0 Å². The van der Waals surface area contributed by atoms with Gasteiger partial charge in [0.2, 0.25) is 0 Å². The van der Waals surface area contributed by atoms with Crippen molar-refractivity contribution in [3.05, 3.63) is 24.3 Å². The van der Waals surface area contributed by atoms with Gasteiger partial charge in [0.1, 0.15) is 16.9 Å². The normalized spacial score (nSPS) is 18.3. The Labute approximate surface area is 213 Å². The number of nitrogens with one attached hydrogen (secondary N) is 1. The first-order valence-corrected chi connectivity index (χ1v) is 13.7. The van der Waals surface area contributed by atoms with E-state index in [1.165, 1.54) is 12.8 Å². The monoisotopic (exact) mass is 492 g/mol. The summed E-state index contributed by atoms with van der Waals surface area (Å²) in [6.07, 6.45) is 13.3. The zero-order valence-corrected chi connectivity index (χ0v) is 21.9. The molecule has 5 rings (SSSR count). The fraction of sp³-hybridized carbons (Fsp3) is 0.630. The SMILES string of the molecule is CCc1nc2c(N)ncc(-c3cnn(C4CCN(C(CC)CC)CC4)c3)c2nc1NC1CCOCC1. The lowest BCUT2D eigenvalue weighted by molar-refractivity contribution is 0.0903. The highest BCUT2D eigenvalue weighted by Gasteiger charge is 2.25. The third kappa shape index (κ3) is 5.04. The molecule has 9 nitrogen and oxygen atoms in total. The largest absolute Gasteiger partial charge is 0.382 e. The first kappa shape index (κ1) is 24.9. The molecule has 0 unspecified atom stereocenters. The van der Waals surface area contributed by atoms with Crippen molar-refractivity contribution in [1.82, 2.24) is 29.6 Å². The minimum atomic E-state index is 0.340. The van der Waals surface area contributed by atoms with Gasteiger partial charge in [-0.3, -0.25) is 4.68 Å². The average Bonchev–Trinajstić information content (AvgIpc) is 3.40. The Hall–Kier alpha value is -2.78. The van der Waals surface area contributed by atoms with E-state index in [0.29, 0.717) is 29.5 Å². The summed E-state index contributed by atoms with van der Waals surface area (Å²) in [4.78, 5) is 17.1. The maximum absolute atomic E-state index is 6.27. The number of pyridine rings is 1. The van der Waals surface area contributed by atoms with E-state index in [9.17, 15) is 0 Å². The lowest BCUT2D eigenvalue weighted by Crippen LogP contribution is -2.41. The fourth-order valence-electron chi connectivity index (χ4n) is 5.70. The molecule has 2 aliphatic rings. The van der Waals surface area contributed by atoms with Gasteiger partial charge in [-0.2, -0.15) is 5.10 Å². The van der Waals surface area contributed by atoms with Gasteiger partial charge in [-0.1, -0.05) is 20.8 Å². The van der Waals surface area contributed by atoms with Crippen LogP contribution in [0.3, 0.4) is 0 Å². The van der Waals surface area contributed by atoms with Gasteiger partial charge in [0.25, 0.3) is 0 Å². The van der Waals surface area contributed by atoms with Gasteiger partial charge >= 0.3 is 0 Å². The van der Waals surface area contributed by atoms with Gasteiger partial charge in [-0.25, -0.2) is 15.0 Å². The van der Waals surface area contributed by atoms with Crippen LogP contribution in [0.2, 0.25) is 0 Å². The molecule has 0 spiro atoms. The third-order valence-corrected chi connectivity index (χ3v) is 7.94. The number of likely N-dealkylation sites (tertiary alicyclic amines) is 1. The molecule has 36 heavy (non-hydrogen) atoms. The molecule has 0 saturated carbocycles. The van der Waals surface area contributed by atoms with Crippen molar-refractivity contribution < 1.29 is 4.74 Å². The smallest absolute Gasteiger partial charge is 0.151 e. The molecular weight excluding hydrogens is 452 g/mol. The summed E-state index contributed by atoms with van der Waals surface area (Å²) in [5, 5.41) is 8.40.